The SMILES string of the molecule is C=C(C(=O)OC)C1C2CC3CC(C2)CC1(C)C3. The molecule has 4 aliphatic rings. The highest BCUT2D eigenvalue weighted by molar-refractivity contribution is 5.88. The molecule has 2 nitrogen and oxygen atoms in total. The average Bonchev–Trinajstić information content (AvgIpc) is 2.24. The van der Waals surface area contributed by atoms with Gasteiger partial charge in [-0.3, -0.25) is 0 Å². The number of hydrogen-bond acceptors (Lipinski definition) is 2. The van der Waals surface area contributed by atoms with Crippen LogP contribution in [0.1, 0.15) is 39.0 Å². The molecule has 4 fully saturated rings. The van der Waals surface area contributed by atoms with Gasteiger partial charge < -0.3 is 4.74 Å². The van der Waals surface area contributed by atoms with Crippen LogP contribution in [0.15, 0.2) is 12.2 Å². The minimum Gasteiger partial charge on any atom is -0.466 e. The molecule has 0 saturated heterocycles. The summed E-state index contributed by atoms with van der Waals surface area (Å²) in [6.07, 6.45) is 6.64. The molecular formula is C15H22O2. The summed E-state index contributed by atoms with van der Waals surface area (Å²) in [6, 6.07) is 0. The van der Waals surface area contributed by atoms with Gasteiger partial charge in [-0.1, -0.05) is 13.5 Å². The molecular weight excluding hydrogens is 212 g/mol. The maximum atomic E-state index is 11.8. The summed E-state index contributed by atoms with van der Waals surface area (Å²) in [5, 5.41) is 0. The summed E-state index contributed by atoms with van der Waals surface area (Å²) in [5.74, 6) is 2.71. The van der Waals surface area contributed by atoms with Crippen LogP contribution in [-0.2, 0) is 9.53 Å². The van der Waals surface area contributed by atoms with Crippen molar-refractivity contribution in [3.63, 3.8) is 0 Å². The van der Waals surface area contributed by atoms with E-state index < -0.39 is 0 Å². The molecule has 0 aromatic carbocycles. The highest BCUT2D eigenvalue weighted by Crippen LogP contribution is 2.64. The number of carbonyl (C=O) groups excluding carboxylic acids is 1. The Hall–Kier alpha value is -0.790. The molecule has 4 bridgehead atoms. The standard InChI is InChI=1S/C15H22O2/c1-9(14(16)17-3)13-12-5-10-4-11(6-12)8-15(13,2)7-10/h10-13H,1,4-8H2,2-3H3. The van der Waals surface area contributed by atoms with Gasteiger partial charge in [0.2, 0.25) is 0 Å². The van der Waals surface area contributed by atoms with Crippen molar-refractivity contribution in [2.24, 2.45) is 29.1 Å². The fourth-order valence-corrected chi connectivity index (χ4v) is 5.41. The van der Waals surface area contributed by atoms with Crippen LogP contribution in [0.25, 0.3) is 0 Å². The third kappa shape index (κ3) is 1.56. The molecule has 0 amide bonds. The van der Waals surface area contributed by atoms with E-state index in [1.807, 2.05) is 0 Å². The molecule has 0 aromatic rings. The van der Waals surface area contributed by atoms with Crippen LogP contribution in [0, 0.1) is 29.1 Å². The van der Waals surface area contributed by atoms with Gasteiger partial charge in [0.1, 0.15) is 0 Å². The molecule has 0 aliphatic heterocycles. The fraction of sp³-hybridized carbons (Fsp3) is 0.800. The van der Waals surface area contributed by atoms with Crippen LogP contribution in [0.4, 0.5) is 0 Å². The predicted octanol–water partition coefficient (Wildman–Crippen LogP) is 3.18. The predicted molar refractivity (Wildman–Crippen MR) is 66.3 cm³/mol. The Morgan fingerprint density at radius 2 is 1.82 bits per heavy atom. The molecule has 0 radical (unpaired) electrons. The van der Waals surface area contributed by atoms with Crippen LogP contribution in [0.5, 0.6) is 0 Å². The van der Waals surface area contributed by atoms with E-state index >= 15 is 0 Å². The van der Waals surface area contributed by atoms with Gasteiger partial charge >= 0.3 is 5.97 Å². The van der Waals surface area contributed by atoms with Gasteiger partial charge in [0, 0.05) is 5.57 Å². The van der Waals surface area contributed by atoms with E-state index in [-0.39, 0.29) is 5.97 Å². The zero-order valence-corrected chi connectivity index (χ0v) is 10.9. The van der Waals surface area contributed by atoms with Gasteiger partial charge in [0.05, 0.1) is 7.11 Å². The van der Waals surface area contributed by atoms with E-state index in [9.17, 15) is 4.79 Å². The lowest BCUT2D eigenvalue weighted by Gasteiger charge is -2.60. The number of hydrogen-bond donors (Lipinski definition) is 0. The van der Waals surface area contributed by atoms with Gasteiger partial charge in [0.25, 0.3) is 0 Å². The summed E-state index contributed by atoms with van der Waals surface area (Å²) in [6.45, 7) is 6.41. The minimum atomic E-state index is -0.191. The van der Waals surface area contributed by atoms with E-state index in [2.05, 4.69) is 13.5 Å². The smallest absolute Gasteiger partial charge is 0.333 e. The van der Waals surface area contributed by atoms with Crippen LogP contribution >= 0.6 is 0 Å². The van der Waals surface area contributed by atoms with Gasteiger partial charge in [-0.15, -0.1) is 0 Å². The third-order valence-electron chi connectivity index (χ3n) is 5.49. The molecule has 0 N–H and O–H groups in total. The van der Waals surface area contributed by atoms with E-state index in [0.29, 0.717) is 17.3 Å². The molecule has 4 rings (SSSR count). The third-order valence-corrected chi connectivity index (χ3v) is 5.49. The highest BCUT2D eigenvalue weighted by atomic mass is 16.5. The second-order valence-corrected chi connectivity index (χ2v) is 6.76. The maximum Gasteiger partial charge on any atom is 0.333 e. The second kappa shape index (κ2) is 3.60. The minimum absolute atomic E-state index is 0.191. The molecule has 3 atom stereocenters. The maximum absolute atomic E-state index is 11.8. The molecule has 4 aliphatic carbocycles. The Morgan fingerprint density at radius 3 is 2.29 bits per heavy atom. The average molecular weight is 234 g/mol. The van der Waals surface area contributed by atoms with Crippen molar-refractivity contribution < 1.29 is 9.53 Å². The van der Waals surface area contributed by atoms with Crippen molar-refractivity contribution in [1.82, 2.24) is 0 Å². The molecule has 4 saturated carbocycles. The molecule has 3 unspecified atom stereocenters. The van der Waals surface area contributed by atoms with Gasteiger partial charge in [0.15, 0.2) is 0 Å². The summed E-state index contributed by atoms with van der Waals surface area (Å²) in [7, 11) is 1.46. The topological polar surface area (TPSA) is 26.3 Å². The largest absolute Gasteiger partial charge is 0.466 e. The van der Waals surface area contributed by atoms with Gasteiger partial charge in [-0.05, 0) is 61.2 Å². The van der Waals surface area contributed by atoms with E-state index in [1.165, 1.54) is 39.2 Å². The summed E-state index contributed by atoms with van der Waals surface area (Å²) < 4.78 is 4.88. The zero-order valence-electron chi connectivity index (χ0n) is 10.9. The molecule has 0 heterocycles. The highest BCUT2D eigenvalue weighted by Gasteiger charge is 2.56. The summed E-state index contributed by atoms with van der Waals surface area (Å²) in [5.41, 5.74) is 1.05. The van der Waals surface area contributed by atoms with Crippen LogP contribution in [0.2, 0.25) is 0 Å². The van der Waals surface area contributed by atoms with Crippen molar-refractivity contribution in [2.45, 2.75) is 39.0 Å². The number of rotatable bonds is 2. The van der Waals surface area contributed by atoms with Crippen molar-refractivity contribution in [1.29, 1.82) is 0 Å². The molecule has 0 spiro atoms. The Kier molecular flexibility index (Phi) is 2.39. The van der Waals surface area contributed by atoms with Crippen molar-refractivity contribution in [3.8, 4) is 0 Å². The van der Waals surface area contributed by atoms with E-state index in [1.54, 1.807) is 0 Å². The Morgan fingerprint density at radius 1 is 1.24 bits per heavy atom. The quantitative estimate of drug-likeness (QED) is 0.542. The van der Waals surface area contributed by atoms with Gasteiger partial charge in [-0.25, -0.2) is 4.79 Å². The second-order valence-electron chi connectivity index (χ2n) is 6.76. The lowest BCUT2D eigenvalue weighted by molar-refractivity contribution is -0.141. The Labute approximate surface area is 103 Å². The Balaban J connectivity index is 1.90. The van der Waals surface area contributed by atoms with Crippen molar-refractivity contribution in [3.05, 3.63) is 12.2 Å². The van der Waals surface area contributed by atoms with Crippen molar-refractivity contribution >= 4 is 5.97 Å². The van der Waals surface area contributed by atoms with E-state index in [4.69, 9.17) is 4.74 Å². The Bertz CT molecular complexity index is 357. The van der Waals surface area contributed by atoms with Crippen LogP contribution < -0.4 is 0 Å². The first-order valence-electron chi connectivity index (χ1n) is 6.80. The van der Waals surface area contributed by atoms with Crippen LogP contribution in [0.3, 0.4) is 0 Å². The number of carbonyl (C=O) groups is 1. The van der Waals surface area contributed by atoms with Crippen LogP contribution in [-0.4, -0.2) is 13.1 Å². The lowest BCUT2D eigenvalue weighted by atomic mass is 9.44. The number of ether oxygens (including phenoxy) is 1. The fourth-order valence-electron chi connectivity index (χ4n) is 5.41. The molecule has 94 valence electrons. The number of methoxy groups -OCH3 is 1. The summed E-state index contributed by atoms with van der Waals surface area (Å²) in [4.78, 5) is 11.8. The molecule has 17 heavy (non-hydrogen) atoms. The first-order valence-corrected chi connectivity index (χ1v) is 6.80. The van der Waals surface area contributed by atoms with Gasteiger partial charge in [-0.2, -0.15) is 0 Å². The zero-order chi connectivity index (χ0) is 12.2. The van der Waals surface area contributed by atoms with E-state index in [0.717, 1.165) is 17.4 Å². The lowest BCUT2D eigenvalue weighted by Crippen LogP contribution is -2.52. The monoisotopic (exact) mass is 234 g/mol. The first-order chi connectivity index (χ1) is 8.03. The molecule has 0 aromatic heterocycles. The summed E-state index contributed by atoms with van der Waals surface area (Å²) >= 11 is 0. The first kappa shape index (κ1) is 11.3. The molecule has 2 heteroatoms. The number of esters is 1. The van der Waals surface area contributed by atoms with Crippen molar-refractivity contribution in [2.75, 3.05) is 7.11 Å². The normalized spacial score (nSPS) is 46.9.